The topological polar surface area (TPSA) is 43.4 Å². The molecule has 1 aliphatic carbocycles. The first-order valence-electron chi connectivity index (χ1n) is 5.93. The predicted molar refractivity (Wildman–Crippen MR) is 61.9 cm³/mol. The van der Waals surface area contributed by atoms with Gasteiger partial charge in [0.05, 0.1) is 7.11 Å². The van der Waals surface area contributed by atoms with Crippen LogP contribution < -0.4 is 0 Å². The van der Waals surface area contributed by atoms with E-state index in [0.29, 0.717) is 18.6 Å². The maximum absolute atomic E-state index is 11.7. The zero-order valence-corrected chi connectivity index (χ0v) is 10.1. The van der Waals surface area contributed by atoms with Gasteiger partial charge in [0.25, 0.3) is 0 Å². The molecule has 16 heavy (non-hydrogen) atoms. The van der Waals surface area contributed by atoms with Gasteiger partial charge in [0, 0.05) is 18.8 Å². The van der Waals surface area contributed by atoms with Gasteiger partial charge >= 0.3 is 5.97 Å². The van der Waals surface area contributed by atoms with Gasteiger partial charge in [0.15, 0.2) is 0 Å². The lowest BCUT2D eigenvalue weighted by atomic mass is 9.89. The zero-order valence-electron chi connectivity index (χ0n) is 10.1. The van der Waals surface area contributed by atoms with Gasteiger partial charge in [-0.3, -0.25) is 9.59 Å². The highest BCUT2D eigenvalue weighted by Crippen LogP contribution is 2.34. The number of carbonyl (C=O) groups is 2. The average Bonchev–Trinajstić information content (AvgIpc) is 2.61. The number of esters is 1. The second-order valence-electron chi connectivity index (χ2n) is 4.27. The van der Waals surface area contributed by atoms with Gasteiger partial charge in [-0.1, -0.05) is 19.1 Å². The molecule has 0 N–H and O–H groups in total. The second kappa shape index (κ2) is 6.46. The van der Waals surface area contributed by atoms with Crippen molar-refractivity contribution < 1.29 is 14.3 Å². The Morgan fingerprint density at radius 2 is 2.25 bits per heavy atom. The summed E-state index contributed by atoms with van der Waals surface area (Å²) in [4.78, 5) is 22.9. The van der Waals surface area contributed by atoms with E-state index >= 15 is 0 Å². The van der Waals surface area contributed by atoms with Crippen LogP contribution in [0.2, 0.25) is 0 Å². The SMILES string of the molecule is CCC=CCC1C(=O)CCC1CC(=O)OC. The summed E-state index contributed by atoms with van der Waals surface area (Å²) in [7, 11) is 1.39. The Labute approximate surface area is 96.9 Å². The second-order valence-corrected chi connectivity index (χ2v) is 4.27. The van der Waals surface area contributed by atoms with Crippen LogP contribution in [0, 0.1) is 11.8 Å². The number of carbonyl (C=O) groups excluding carboxylic acids is 2. The van der Waals surface area contributed by atoms with E-state index in [0.717, 1.165) is 19.3 Å². The molecule has 0 heterocycles. The van der Waals surface area contributed by atoms with Crippen LogP contribution in [-0.4, -0.2) is 18.9 Å². The first-order valence-corrected chi connectivity index (χ1v) is 5.93. The largest absolute Gasteiger partial charge is 0.469 e. The summed E-state index contributed by atoms with van der Waals surface area (Å²) < 4.78 is 4.65. The molecule has 0 saturated heterocycles. The maximum Gasteiger partial charge on any atom is 0.305 e. The maximum atomic E-state index is 11.7. The van der Waals surface area contributed by atoms with Gasteiger partial charge in [-0.25, -0.2) is 0 Å². The van der Waals surface area contributed by atoms with Crippen LogP contribution in [0.15, 0.2) is 12.2 Å². The van der Waals surface area contributed by atoms with Crippen molar-refractivity contribution in [2.45, 2.75) is 39.0 Å². The Kier molecular flexibility index (Phi) is 5.23. The fourth-order valence-electron chi connectivity index (χ4n) is 2.25. The van der Waals surface area contributed by atoms with Crippen LogP contribution in [0.1, 0.15) is 39.0 Å². The van der Waals surface area contributed by atoms with E-state index in [4.69, 9.17) is 0 Å². The highest BCUT2D eigenvalue weighted by atomic mass is 16.5. The summed E-state index contributed by atoms with van der Waals surface area (Å²) in [6.45, 7) is 2.07. The fraction of sp³-hybridized carbons (Fsp3) is 0.692. The summed E-state index contributed by atoms with van der Waals surface area (Å²) in [5.74, 6) is 0.308. The van der Waals surface area contributed by atoms with Crippen molar-refractivity contribution in [2.24, 2.45) is 11.8 Å². The lowest BCUT2D eigenvalue weighted by Gasteiger charge is -2.15. The van der Waals surface area contributed by atoms with Gasteiger partial charge in [-0.2, -0.15) is 0 Å². The molecule has 3 nitrogen and oxygen atoms in total. The molecule has 0 aromatic carbocycles. The number of hydrogen-bond acceptors (Lipinski definition) is 3. The van der Waals surface area contributed by atoms with Crippen molar-refractivity contribution in [3.05, 3.63) is 12.2 Å². The molecule has 0 bridgehead atoms. The van der Waals surface area contributed by atoms with Crippen molar-refractivity contribution in [3.8, 4) is 0 Å². The smallest absolute Gasteiger partial charge is 0.305 e. The fourth-order valence-corrected chi connectivity index (χ4v) is 2.25. The number of allylic oxidation sites excluding steroid dienone is 2. The summed E-state index contributed by atoms with van der Waals surface area (Å²) in [5, 5.41) is 0. The van der Waals surface area contributed by atoms with Gasteiger partial charge in [0.1, 0.15) is 5.78 Å². The Balaban J connectivity index is 2.52. The molecule has 0 amide bonds. The summed E-state index contributed by atoms with van der Waals surface area (Å²) in [5.41, 5.74) is 0. The van der Waals surface area contributed by atoms with Crippen LogP contribution in [0.4, 0.5) is 0 Å². The molecule has 0 aromatic rings. The monoisotopic (exact) mass is 224 g/mol. The van der Waals surface area contributed by atoms with E-state index in [9.17, 15) is 9.59 Å². The molecule has 1 rings (SSSR count). The minimum Gasteiger partial charge on any atom is -0.469 e. The van der Waals surface area contributed by atoms with Crippen molar-refractivity contribution in [1.29, 1.82) is 0 Å². The van der Waals surface area contributed by atoms with Crippen molar-refractivity contribution >= 4 is 11.8 Å². The zero-order chi connectivity index (χ0) is 12.0. The molecular formula is C13H20O3. The van der Waals surface area contributed by atoms with Gasteiger partial charge < -0.3 is 4.74 Å². The lowest BCUT2D eigenvalue weighted by molar-refractivity contribution is -0.142. The molecule has 0 radical (unpaired) electrons. The van der Waals surface area contributed by atoms with Gasteiger partial charge in [-0.05, 0) is 25.2 Å². The highest BCUT2D eigenvalue weighted by molar-refractivity contribution is 5.84. The molecule has 1 fully saturated rings. The number of ether oxygens (including phenoxy) is 1. The first-order chi connectivity index (χ1) is 7.69. The number of Topliss-reactive ketones (excluding diaryl/α,β-unsaturated/α-hetero) is 1. The number of ketones is 1. The number of rotatable bonds is 5. The van der Waals surface area contributed by atoms with Crippen molar-refractivity contribution in [2.75, 3.05) is 7.11 Å². The standard InChI is InChI=1S/C13H20O3/c1-3-4-5-6-11-10(7-8-12(11)14)9-13(15)16-2/h4-5,10-11H,3,6-9H2,1-2H3. The van der Waals surface area contributed by atoms with E-state index in [2.05, 4.69) is 23.8 Å². The van der Waals surface area contributed by atoms with Crippen molar-refractivity contribution in [1.82, 2.24) is 0 Å². The minimum absolute atomic E-state index is 0.0295. The normalized spacial score (nSPS) is 25.2. The molecule has 90 valence electrons. The van der Waals surface area contributed by atoms with E-state index in [1.54, 1.807) is 0 Å². The Bertz CT molecular complexity index is 281. The van der Waals surface area contributed by atoms with E-state index < -0.39 is 0 Å². The first kappa shape index (κ1) is 12.9. The highest BCUT2D eigenvalue weighted by Gasteiger charge is 2.34. The predicted octanol–water partition coefficient (Wildman–Crippen LogP) is 2.50. The number of methoxy groups -OCH3 is 1. The summed E-state index contributed by atoms with van der Waals surface area (Å²) >= 11 is 0. The van der Waals surface area contributed by atoms with Gasteiger partial charge in [-0.15, -0.1) is 0 Å². The molecule has 2 atom stereocenters. The molecule has 1 aliphatic rings. The molecule has 0 aromatic heterocycles. The molecule has 3 heteroatoms. The Morgan fingerprint density at radius 3 is 2.88 bits per heavy atom. The molecule has 0 aliphatic heterocycles. The van der Waals surface area contributed by atoms with Crippen LogP contribution >= 0.6 is 0 Å². The van der Waals surface area contributed by atoms with E-state index in [1.165, 1.54) is 7.11 Å². The third kappa shape index (κ3) is 3.47. The number of hydrogen-bond donors (Lipinski definition) is 0. The lowest BCUT2D eigenvalue weighted by Crippen LogP contribution is -2.18. The quantitative estimate of drug-likeness (QED) is 0.532. The van der Waals surface area contributed by atoms with Gasteiger partial charge in [0.2, 0.25) is 0 Å². The van der Waals surface area contributed by atoms with E-state index in [1.807, 2.05) is 0 Å². The molecular weight excluding hydrogens is 204 g/mol. The van der Waals surface area contributed by atoms with Crippen LogP contribution in [-0.2, 0) is 14.3 Å². The van der Waals surface area contributed by atoms with Crippen LogP contribution in [0.3, 0.4) is 0 Å². The average molecular weight is 224 g/mol. The third-order valence-corrected chi connectivity index (χ3v) is 3.19. The Morgan fingerprint density at radius 1 is 1.50 bits per heavy atom. The summed E-state index contributed by atoms with van der Waals surface area (Å²) in [6.07, 6.45) is 7.72. The minimum atomic E-state index is -0.204. The van der Waals surface area contributed by atoms with E-state index in [-0.39, 0.29) is 17.8 Å². The molecule has 1 saturated carbocycles. The molecule has 0 spiro atoms. The van der Waals surface area contributed by atoms with Crippen LogP contribution in [0.25, 0.3) is 0 Å². The van der Waals surface area contributed by atoms with Crippen molar-refractivity contribution in [3.63, 3.8) is 0 Å². The van der Waals surface area contributed by atoms with Crippen LogP contribution in [0.5, 0.6) is 0 Å². The molecule has 2 unspecified atom stereocenters. The summed E-state index contributed by atoms with van der Waals surface area (Å²) in [6, 6.07) is 0. The Hall–Kier alpha value is -1.12. The third-order valence-electron chi connectivity index (χ3n) is 3.19.